The minimum absolute atomic E-state index is 0.350. The van der Waals surface area contributed by atoms with Gasteiger partial charge in [0.05, 0.1) is 4.01 Å². The molecule has 3 rings (SSSR count). The van der Waals surface area contributed by atoms with Crippen LogP contribution >= 0.6 is 22.7 Å². The lowest BCUT2D eigenvalue weighted by Crippen LogP contribution is -2.06. The summed E-state index contributed by atoms with van der Waals surface area (Å²) in [5.74, 6) is -0.386. The molecule has 0 spiro atoms. The first kappa shape index (κ1) is 16.1. The molecule has 0 radical (unpaired) electrons. The summed E-state index contributed by atoms with van der Waals surface area (Å²) in [5, 5.41) is 1.11. The third-order valence-corrected chi connectivity index (χ3v) is 5.95. The van der Waals surface area contributed by atoms with E-state index in [1.165, 1.54) is 59.7 Å². The van der Waals surface area contributed by atoms with Crippen molar-refractivity contribution < 1.29 is 13.9 Å². The van der Waals surface area contributed by atoms with Crippen LogP contribution in [0.15, 0.2) is 36.4 Å². The molecule has 0 amide bonds. The van der Waals surface area contributed by atoms with Crippen LogP contribution in [0.1, 0.15) is 40.7 Å². The number of benzene rings is 1. The Balaban J connectivity index is 1.69. The van der Waals surface area contributed by atoms with E-state index < -0.39 is 5.97 Å². The summed E-state index contributed by atoms with van der Waals surface area (Å²) in [6, 6.07) is 9.51. The predicted octanol–water partition coefficient (Wildman–Crippen LogP) is 6.05. The number of esters is 1. The van der Waals surface area contributed by atoms with Gasteiger partial charge in [-0.05, 0) is 49.2 Å². The van der Waals surface area contributed by atoms with E-state index >= 15 is 0 Å². The summed E-state index contributed by atoms with van der Waals surface area (Å²) < 4.78 is 19.3. The number of halogens is 1. The molecular weight excluding hydrogens is 331 g/mol. The standard InChI is InChI=1S/C18H17FO2S2/c1-2-3-4-5-15-10-12-11-16(23-18(12)22-15)17(20)21-14-8-6-13(19)7-9-14/h6-11H,2-5H2,1H3. The number of fused-ring (bicyclic) bond motifs is 1. The molecule has 0 aliphatic rings. The average Bonchev–Trinajstić information content (AvgIpc) is 3.08. The fourth-order valence-corrected chi connectivity index (χ4v) is 4.73. The first-order valence-corrected chi connectivity index (χ1v) is 9.29. The fourth-order valence-electron chi connectivity index (χ4n) is 2.32. The van der Waals surface area contributed by atoms with Crippen LogP contribution in [-0.2, 0) is 6.42 Å². The Kier molecular flexibility index (Phi) is 5.08. The third-order valence-electron chi connectivity index (χ3n) is 3.52. The number of carbonyl (C=O) groups excluding carboxylic acids is 1. The van der Waals surface area contributed by atoms with Crippen LogP contribution in [0.4, 0.5) is 4.39 Å². The summed E-state index contributed by atoms with van der Waals surface area (Å²) in [4.78, 5) is 14.1. The van der Waals surface area contributed by atoms with E-state index in [-0.39, 0.29) is 5.82 Å². The Morgan fingerprint density at radius 2 is 1.91 bits per heavy atom. The van der Waals surface area contributed by atoms with Crippen molar-refractivity contribution in [3.05, 3.63) is 52.0 Å². The summed E-state index contributed by atoms with van der Waals surface area (Å²) in [5.41, 5.74) is 0. The summed E-state index contributed by atoms with van der Waals surface area (Å²) in [6.45, 7) is 2.20. The van der Waals surface area contributed by atoms with Crippen molar-refractivity contribution in [1.29, 1.82) is 0 Å². The molecule has 0 atom stereocenters. The van der Waals surface area contributed by atoms with E-state index in [4.69, 9.17) is 4.74 Å². The molecule has 2 aromatic heterocycles. The number of unbranched alkanes of at least 4 members (excludes halogenated alkanes) is 2. The zero-order valence-corrected chi connectivity index (χ0v) is 14.4. The smallest absolute Gasteiger partial charge is 0.353 e. The molecule has 1 aromatic carbocycles. The number of hydrogen-bond acceptors (Lipinski definition) is 4. The molecular formula is C18H17FO2S2. The Hall–Kier alpha value is -1.72. The van der Waals surface area contributed by atoms with Crippen molar-refractivity contribution >= 4 is 38.0 Å². The molecule has 0 aliphatic heterocycles. The van der Waals surface area contributed by atoms with Crippen LogP contribution < -0.4 is 4.74 Å². The van der Waals surface area contributed by atoms with Crippen LogP contribution in [0, 0.1) is 5.82 Å². The zero-order chi connectivity index (χ0) is 16.2. The molecule has 3 aromatic rings. The number of ether oxygens (including phenoxy) is 1. The second-order valence-electron chi connectivity index (χ2n) is 5.37. The summed E-state index contributed by atoms with van der Waals surface area (Å²) in [7, 11) is 0. The molecule has 0 N–H and O–H groups in total. The highest BCUT2D eigenvalue weighted by Crippen LogP contribution is 2.34. The van der Waals surface area contributed by atoms with Crippen molar-refractivity contribution in [2.24, 2.45) is 0 Å². The van der Waals surface area contributed by atoms with E-state index in [2.05, 4.69) is 13.0 Å². The number of aryl methyl sites for hydroxylation is 1. The highest BCUT2D eigenvalue weighted by atomic mass is 32.2. The monoisotopic (exact) mass is 348 g/mol. The van der Waals surface area contributed by atoms with E-state index in [1.54, 1.807) is 11.3 Å². The Morgan fingerprint density at radius 3 is 2.61 bits per heavy atom. The molecule has 0 saturated carbocycles. The SMILES string of the molecule is CCCCCc1cc2cc(C(=O)Oc3ccc(F)cc3)sc2s1. The summed E-state index contributed by atoms with van der Waals surface area (Å²) >= 11 is 3.21. The van der Waals surface area contributed by atoms with Gasteiger partial charge in [-0.25, -0.2) is 9.18 Å². The molecule has 120 valence electrons. The molecule has 5 heteroatoms. The van der Waals surface area contributed by atoms with Gasteiger partial charge in [-0.2, -0.15) is 0 Å². The molecule has 2 nitrogen and oxygen atoms in total. The molecule has 0 saturated heterocycles. The van der Waals surface area contributed by atoms with Crippen LogP contribution in [0.5, 0.6) is 5.75 Å². The van der Waals surface area contributed by atoms with Gasteiger partial charge in [-0.3, -0.25) is 0 Å². The van der Waals surface area contributed by atoms with Gasteiger partial charge in [-0.1, -0.05) is 19.8 Å². The van der Waals surface area contributed by atoms with Gasteiger partial charge in [0.2, 0.25) is 0 Å². The highest BCUT2D eigenvalue weighted by molar-refractivity contribution is 7.39. The first-order valence-electron chi connectivity index (χ1n) is 7.65. The molecule has 0 unspecified atom stereocenters. The molecule has 0 fully saturated rings. The van der Waals surface area contributed by atoms with Gasteiger partial charge in [0.1, 0.15) is 16.4 Å². The quantitative estimate of drug-likeness (QED) is 0.308. The highest BCUT2D eigenvalue weighted by Gasteiger charge is 2.15. The minimum Gasteiger partial charge on any atom is -0.422 e. The van der Waals surface area contributed by atoms with Gasteiger partial charge in [0.15, 0.2) is 0 Å². The average molecular weight is 348 g/mol. The largest absolute Gasteiger partial charge is 0.422 e. The van der Waals surface area contributed by atoms with Crippen molar-refractivity contribution in [3.63, 3.8) is 0 Å². The van der Waals surface area contributed by atoms with Crippen molar-refractivity contribution in [2.75, 3.05) is 0 Å². The second kappa shape index (κ2) is 7.23. The molecule has 0 bridgehead atoms. The number of thiophene rings is 2. The zero-order valence-electron chi connectivity index (χ0n) is 12.8. The van der Waals surface area contributed by atoms with E-state index in [0.717, 1.165) is 15.8 Å². The third kappa shape index (κ3) is 3.98. The van der Waals surface area contributed by atoms with E-state index in [0.29, 0.717) is 10.6 Å². The lowest BCUT2D eigenvalue weighted by atomic mass is 10.2. The first-order chi connectivity index (χ1) is 11.2. The van der Waals surface area contributed by atoms with Crippen LogP contribution in [0.2, 0.25) is 0 Å². The van der Waals surface area contributed by atoms with Crippen molar-refractivity contribution in [2.45, 2.75) is 32.6 Å². The van der Waals surface area contributed by atoms with Gasteiger partial charge in [-0.15, -0.1) is 22.7 Å². The van der Waals surface area contributed by atoms with E-state index in [1.807, 2.05) is 6.07 Å². The molecule has 23 heavy (non-hydrogen) atoms. The Morgan fingerprint density at radius 1 is 1.13 bits per heavy atom. The van der Waals surface area contributed by atoms with Crippen LogP contribution in [-0.4, -0.2) is 5.97 Å². The van der Waals surface area contributed by atoms with Crippen LogP contribution in [0.25, 0.3) is 9.40 Å². The lowest BCUT2D eigenvalue weighted by molar-refractivity contribution is 0.0739. The molecule has 2 heterocycles. The number of hydrogen-bond donors (Lipinski definition) is 0. The van der Waals surface area contributed by atoms with Gasteiger partial charge in [0.25, 0.3) is 0 Å². The van der Waals surface area contributed by atoms with Crippen molar-refractivity contribution in [1.82, 2.24) is 0 Å². The number of carbonyl (C=O) groups is 1. The second-order valence-corrected chi connectivity index (χ2v) is 7.81. The van der Waals surface area contributed by atoms with Gasteiger partial charge >= 0.3 is 5.97 Å². The maximum Gasteiger partial charge on any atom is 0.353 e. The fraction of sp³-hybridized carbons (Fsp3) is 0.278. The number of rotatable bonds is 6. The Bertz CT molecular complexity index is 771. The summed E-state index contributed by atoms with van der Waals surface area (Å²) in [6.07, 6.45) is 4.79. The normalized spacial score (nSPS) is 11.0. The van der Waals surface area contributed by atoms with Crippen LogP contribution in [0.3, 0.4) is 0 Å². The maximum absolute atomic E-state index is 12.9. The Labute approximate surface area is 142 Å². The van der Waals surface area contributed by atoms with Gasteiger partial charge in [0, 0.05) is 10.3 Å². The molecule has 0 aliphatic carbocycles. The lowest BCUT2D eigenvalue weighted by Gasteiger charge is -2.01. The van der Waals surface area contributed by atoms with E-state index in [9.17, 15) is 9.18 Å². The van der Waals surface area contributed by atoms with Crippen molar-refractivity contribution in [3.8, 4) is 5.75 Å². The topological polar surface area (TPSA) is 26.3 Å². The predicted molar refractivity (Wildman–Crippen MR) is 94.3 cm³/mol. The minimum atomic E-state index is -0.391. The van der Waals surface area contributed by atoms with Gasteiger partial charge < -0.3 is 4.74 Å². The maximum atomic E-state index is 12.9.